The number of hydrogen-bond acceptors (Lipinski definition) is 8. The summed E-state index contributed by atoms with van der Waals surface area (Å²) in [4.78, 5) is 15.0. The number of nitrogen functional groups attached to an aromatic ring is 1. The number of benzene rings is 1. The van der Waals surface area contributed by atoms with Gasteiger partial charge in [0.05, 0.1) is 18.3 Å². The molecule has 9 heteroatoms. The van der Waals surface area contributed by atoms with Crippen LogP contribution in [0.4, 0.5) is 5.95 Å². The number of hydrogen-bond donors (Lipinski definition) is 3. The van der Waals surface area contributed by atoms with Crippen molar-refractivity contribution >= 4 is 27.9 Å². The highest BCUT2D eigenvalue weighted by atomic mass is 16.3. The Kier molecular flexibility index (Phi) is 5.13. The fourth-order valence-corrected chi connectivity index (χ4v) is 4.32. The predicted octanol–water partition coefficient (Wildman–Crippen LogP) is 1.89. The number of likely N-dealkylation sites (tertiary alicyclic amines) is 1. The normalized spacial score (nSPS) is 15.8. The fourth-order valence-electron chi connectivity index (χ4n) is 4.32. The first-order valence-corrected chi connectivity index (χ1v) is 10.5. The van der Waals surface area contributed by atoms with Crippen molar-refractivity contribution in [1.82, 2.24) is 34.9 Å². The zero-order valence-electron chi connectivity index (χ0n) is 17.5. The van der Waals surface area contributed by atoms with E-state index in [9.17, 15) is 5.11 Å². The minimum atomic E-state index is -0.170. The Morgan fingerprint density at radius 3 is 2.81 bits per heavy atom. The third-order valence-corrected chi connectivity index (χ3v) is 6.05. The molecule has 0 amide bonds. The summed E-state index contributed by atoms with van der Waals surface area (Å²) in [6.45, 7) is 3.54. The van der Waals surface area contributed by atoms with Gasteiger partial charge in [-0.2, -0.15) is 10.1 Å². The highest BCUT2D eigenvalue weighted by Crippen LogP contribution is 2.26. The Balaban J connectivity index is 1.43. The zero-order chi connectivity index (χ0) is 21.4. The quantitative estimate of drug-likeness (QED) is 0.450. The van der Waals surface area contributed by atoms with E-state index in [-0.39, 0.29) is 11.8 Å². The van der Waals surface area contributed by atoms with Gasteiger partial charge in [0.1, 0.15) is 11.0 Å². The summed E-state index contributed by atoms with van der Waals surface area (Å²) >= 11 is 0. The fraction of sp³-hybridized carbons (Fsp3) is 0.364. The first kappa shape index (κ1) is 19.7. The van der Waals surface area contributed by atoms with Crippen LogP contribution < -0.4 is 11.1 Å². The number of fused-ring (bicyclic) bond motifs is 2. The molecule has 1 aliphatic heterocycles. The minimum absolute atomic E-state index is 0.0260. The SMILES string of the molecule is CN1CCC(NCc2ccc(Cn3ncc4nc(N)nc(O)c43)c3ncccc23)CC1. The van der Waals surface area contributed by atoms with E-state index in [0.717, 1.165) is 36.1 Å². The van der Waals surface area contributed by atoms with Crippen LogP contribution in [0.1, 0.15) is 24.0 Å². The summed E-state index contributed by atoms with van der Waals surface area (Å²) in [5, 5.41) is 19.5. The van der Waals surface area contributed by atoms with Crippen LogP contribution in [0.5, 0.6) is 5.88 Å². The van der Waals surface area contributed by atoms with Crippen LogP contribution in [-0.2, 0) is 13.1 Å². The number of rotatable bonds is 5. The molecule has 5 rings (SSSR count). The van der Waals surface area contributed by atoms with Crippen molar-refractivity contribution in [1.29, 1.82) is 0 Å². The first-order chi connectivity index (χ1) is 15.1. The van der Waals surface area contributed by atoms with E-state index in [1.54, 1.807) is 10.9 Å². The lowest BCUT2D eigenvalue weighted by molar-refractivity contribution is 0.234. The van der Waals surface area contributed by atoms with Gasteiger partial charge in [-0.15, -0.1) is 0 Å². The predicted molar refractivity (Wildman–Crippen MR) is 120 cm³/mol. The van der Waals surface area contributed by atoms with E-state index in [1.807, 2.05) is 12.3 Å². The zero-order valence-corrected chi connectivity index (χ0v) is 17.5. The van der Waals surface area contributed by atoms with Gasteiger partial charge in [-0.1, -0.05) is 18.2 Å². The summed E-state index contributed by atoms with van der Waals surface area (Å²) in [7, 11) is 2.18. The lowest BCUT2D eigenvalue weighted by atomic mass is 10.0. The van der Waals surface area contributed by atoms with Gasteiger partial charge in [-0.3, -0.25) is 9.67 Å². The van der Waals surface area contributed by atoms with Crippen molar-refractivity contribution in [2.45, 2.75) is 32.0 Å². The number of nitrogens with two attached hydrogens (primary N) is 1. The third-order valence-electron chi connectivity index (χ3n) is 6.05. The van der Waals surface area contributed by atoms with Crippen LogP contribution in [0.2, 0.25) is 0 Å². The molecule has 0 spiro atoms. The van der Waals surface area contributed by atoms with Gasteiger partial charge >= 0.3 is 0 Å². The molecule has 4 N–H and O–H groups in total. The van der Waals surface area contributed by atoms with Crippen molar-refractivity contribution in [3.8, 4) is 5.88 Å². The standard InChI is InChI=1S/C22H26N8O/c1-29-9-6-16(7-10-29)25-11-14-4-5-15(19-17(14)3-2-8-24-19)13-30-20-18(12-26-30)27-22(23)28-21(20)31/h2-5,8,12,16,25H,6-7,9-11,13H2,1H3,(H3,23,27,28,31). The minimum Gasteiger partial charge on any atom is -0.492 e. The molecule has 0 radical (unpaired) electrons. The molecule has 0 saturated carbocycles. The number of aromatic hydroxyl groups is 1. The van der Waals surface area contributed by atoms with Crippen LogP contribution in [0.3, 0.4) is 0 Å². The molecule has 4 heterocycles. The molecule has 1 fully saturated rings. The van der Waals surface area contributed by atoms with Crippen molar-refractivity contribution in [2.75, 3.05) is 25.9 Å². The number of pyridine rings is 1. The molecule has 4 aromatic rings. The van der Waals surface area contributed by atoms with E-state index >= 15 is 0 Å². The molecule has 9 nitrogen and oxygen atoms in total. The van der Waals surface area contributed by atoms with Gasteiger partial charge in [-0.25, -0.2) is 4.98 Å². The smallest absolute Gasteiger partial charge is 0.242 e. The van der Waals surface area contributed by atoms with Crippen LogP contribution in [0, 0.1) is 0 Å². The average molecular weight is 419 g/mol. The van der Waals surface area contributed by atoms with Gasteiger partial charge in [0.25, 0.3) is 0 Å². The van der Waals surface area contributed by atoms with Crippen LogP contribution >= 0.6 is 0 Å². The number of aromatic nitrogens is 5. The van der Waals surface area contributed by atoms with Gasteiger partial charge in [0.2, 0.25) is 11.8 Å². The molecule has 1 saturated heterocycles. The molecular weight excluding hydrogens is 392 g/mol. The Morgan fingerprint density at radius 2 is 1.97 bits per heavy atom. The third kappa shape index (κ3) is 3.89. The Hall–Kier alpha value is -3.30. The molecule has 0 unspecified atom stereocenters. The highest BCUT2D eigenvalue weighted by molar-refractivity contribution is 5.85. The summed E-state index contributed by atoms with van der Waals surface area (Å²) in [5.41, 5.74) is 9.79. The number of piperidine rings is 1. The average Bonchev–Trinajstić information content (AvgIpc) is 3.17. The van der Waals surface area contributed by atoms with E-state index in [4.69, 9.17) is 5.73 Å². The molecular formula is C22H26N8O. The summed E-state index contributed by atoms with van der Waals surface area (Å²) in [5.74, 6) is -0.144. The van der Waals surface area contributed by atoms with Crippen molar-refractivity contribution in [3.05, 3.63) is 47.8 Å². The monoisotopic (exact) mass is 418 g/mol. The van der Waals surface area contributed by atoms with Crippen LogP contribution in [0.15, 0.2) is 36.7 Å². The lowest BCUT2D eigenvalue weighted by Crippen LogP contribution is -2.40. The maximum absolute atomic E-state index is 10.2. The summed E-state index contributed by atoms with van der Waals surface area (Å²) < 4.78 is 1.68. The van der Waals surface area contributed by atoms with E-state index < -0.39 is 0 Å². The second-order valence-corrected chi connectivity index (χ2v) is 8.18. The van der Waals surface area contributed by atoms with Crippen molar-refractivity contribution in [2.24, 2.45) is 0 Å². The number of nitrogens with zero attached hydrogens (tertiary/aromatic N) is 6. The Morgan fingerprint density at radius 1 is 1.16 bits per heavy atom. The molecule has 0 atom stereocenters. The second kappa shape index (κ2) is 8.09. The maximum atomic E-state index is 10.2. The van der Waals surface area contributed by atoms with Gasteiger partial charge < -0.3 is 21.1 Å². The highest BCUT2D eigenvalue weighted by Gasteiger charge is 2.17. The maximum Gasteiger partial charge on any atom is 0.242 e. The second-order valence-electron chi connectivity index (χ2n) is 8.18. The van der Waals surface area contributed by atoms with Gasteiger partial charge in [0, 0.05) is 24.2 Å². The Bertz CT molecular complexity index is 1230. The van der Waals surface area contributed by atoms with E-state index in [1.165, 1.54) is 18.4 Å². The first-order valence-electron chi connectivity index (χ1n) is 10.5. The molecule has 1 aromatic carbocycles. The molecule has 1 aliphatic rings. The lowest BCUT2D eigenvalue weighted by Gasteiger charge is -2.29. The largest absolute Gasteiger partial charge is 0.492 e. The van der Waals surface area contributed by atoms with E-state index in [2.05, 4.69) is 55.5 Å². The summed E-state index contributed by atoms with van der Waals surface area (Å²) in [6, 6.07) is 8.87. The number of anilines is 1. The van der Waals surface area contributed by atoms with Gasteiger partial charge in [-0.05, 0) is 50.2 Å². The summed E-state index contributed by atoms with van der Waals surface area (Å²) in [6.07, 6.45) is 5.74. The molecule has 0 aliphatic carbocycles. The van der Waals surface area contributed by atoms with Crippen molar-refractivity contribution < 1.29 is 5.11 Å². The molecule has 31 heavy (non-hydrogen) atoms. The van der Waals surface area contributed by atoms with Gasteiger partial charge in [0.15, 0.2) is 0 Å². The topological polar surface area (TPSA) is 118 Å². The molecule has 160 valence electrons. The van der Waals surface area contributed by atoms with Crippen LogP contribution in [-0.4, -0.2) is 60.9 Å². The molecule has 0 bridgehead atoms. The Labute approximate surface area is 179 Å². The van der Waals surface area contributed by atoms with Crippen molar-refractivity contribution in [3.63, 3.8) is 0 Å². The number of nitrogens with one attached hydrogen (secondary N) is 1. The van der Waals surface area contributed by atoms with E-state index in [0.29, 0.717) is 23.6 Å². The molecule has 3 aromatic heterocycles. The van der Waals surface area contributed by atoms with Crippen LogP contribution in [0.25, 0.3) is 21.9 Å².